The van der Waals surface area contributed by atoms with Crippen LogP contribution in [0.5, 0.6) is 11.5 Å². The number of methoxy groups -OCH3 is 1. The minimum atomic E-state index is -0.00342. The van der Waals surface area contributed by atoms with Crippen LogP contribution in [0.4, 0.5) is 0 Å². The van der Waals surface area contributed by atoms with Crippen LogP contribution >= 0.6 is 0 Å². The smallest absolute Gasteiger partial charge is 0.196 e. The van der Waals surface area contributed by atoms with Crippen molar-refractivity contribution in [3.8, 4) is 33.9 Å². The van der Waals surface area contributed by atoms with Crippen molar-refractivity contribution in [3.05, 3.63) is 126 Å². The lowest BCUT2D eigenvalue weighted by atomic mass is 9.93. The van der Waals surface area contributed by atoms with Gasteiger partial charge in [-0.1, -0.05) is 84.9 Å². The van der Waals surface area contributed by atoms with Crippen molar-refractivity contribution in [3.63, 3.8) is 0 Å². The van der Waals surface area contributed by atoms with Crippen LogP contribution in [0.2, 0.25) is 0 Å². The van der Waals surface area contributed by atoms with Crippen molar-refractivity contribution in [1.29, 1.82) is 0 Å². The monoisotopic (exact) mass is 493 g/mol. The van der Waals surface area contributed by atoms with Gasteiger partial charge in [0.25, 0.3) is 0 Å². The summed E-state index contributed by atoms with van der Waals surface area (Å²) in [7, 11) is 1.62. The first-order chi connectivity index (χ1) is 18.7. The molecular weight excluding hydrogens is 470 g/mol. The number of fused-ring (bicyclic) bond motifs is 7. The molecule has 4 nitrogen and oxygen atoms in total. The summed E-state index contributed by atoms with van der Waals surface area (Å²) < 4.78 is 11.8. The van der Waals surface area contributed by atoms with E-state index in [0.29, 0.717) is 34.9 Å². The Morgan fingerprint density at radius 3 is 2.32 bits per heavy atom. The molecule has 0 fully saturated rings. The second-order valence-electron chi connectivity index (χ2n) is 9.41. The fraction of sp³-hybridized carbons (Fsp3) is 0.0588. The summed E-state index contributed by atoms with van der Waals surface area (Å²) in [6, 6.07) is 36.0. The number of carbonyl (C=O) groups excluding carboxylic acids is 1. The molecule has 1 heterocycles. The van der Waals surface area contributed by atoms with Gasteiger partial charge in [0.2, 0.25) is 0 Å². The van der Waals surface area contributed by atoms with Gasteiger partial charge in [0.15, 0.2) is 17.3 Å². The molecule has 4 heteroatoms. The molecule has 0 saturated heterocycles. The number of hydrogen-bond acceptors (Lipinski definition) is 4. The predicted octanol–water partition coefficient (Wildman–Crippen LogP) is 7.85. The molecule has 0 atom stereocenters. The highest BCUT2D eigenvalue weighted by atomic mass is 16.5. The van der Waals surface area contributed by atoms with Gasteiger partial charge in [0.1, 0.15) is 6.61 Å². The minimum Gasteiger partial charge on any atom is -0.493 e. The second-order valence-corrected chi connectivity index (χ2v) is 9.41. The summed E-state index contributed by atoms with van der Waals surface area (Å²) in [4.78, 5) is 18.9. The fourth-order valence-corrected chi connectivity index (χ4v) is 5.44. The van der Waals surface area contributed by atoms with Gasteiger partial charge >= 0.3 is 0 Å². The van der Waals surface area contributed by atoms with Gasteiger partial charge in [-0.3, -0.25) is 4.79 Å². The zero-order valence-electron chi connectivity index (χ0n) is 20.8. The average Bonchev–Trinajstić information content (AvgIpc) is 3.28. The Balaban J connectivity index is 1.43. The molecule has 0 N–H and O–H groups in total. The van der Waals surface area contributed by atoms with Crippen molar-refractivity contribution >= 4 is 27.5 Å². The molecule has 0 unspecified atom stereocenters. The van der Waals surface area contributed by atoms with Gasteiger partial charge in [-0.25, -0.2) is 4.98 Å². The first-order valence-electron chi connectivity index (χ1n) is 12.6. The van der Waals surface area contributed by atoms with Gasteiger partial charge in [0.05, 0.1) is 23.9 Å². The number of aromatic nitrogens is 1. The lowest BCUT2D eigenvalue weighted by Crippen LogP contribution is -2.02. The molecule has 0 spiro atoms. The number of pyridine rings is 1. The van der Waals surface area contributed by atoms with Crippen LogP contribution < -0.4 is 9.47 Å². The Labute approximate surface area is 220 Å². The van der Waals surface area contributed by atoms with Crippen molar-refractivity contribution in [2.45, 2.75) is 6.61 Å². The molecule has 0 radical (unpaired) electrons. The lowest BCUT2D eigenvalue weighted by Gasteiger charge is -2.15. The molecule has 1 aromatic heterocycles. The van der Waals surface area contributed by atoms with Crippen LogP contribution in [0.3, 0.4) is 0 Å². The van der Waals surface area contributed by atoms with E-state index in [9.17, 15) is 4.79 Å². The lowest BCUT2D eigenvalue weighted by molar-refractivity contribution is 0.104. The summed E-state index contributed by atoms with van der Waals surface area (Å²) in [5.41, 5.74) is 6.63. The number of hydrogen-bond donors (Lipinski definition) is 0. The summed E-state index contributed by atoms with van der Waals surface area (Å²) >= 11 is 0. The van der Waals surface area contributed by atoms with E-state index < -0.39 is 0 Å². The summed E-state index contributed by atoms with van der Waals surface area (Å²) in [5, 5.41) is 3.22. The second kappa shape index (κ2) is 8.86. The molecular formula is C34H23NO3. The number of nitrogens with zero attached hydrogens (tertiary/aromatic N) is 1. The minimum absolute atomic E-state index is 0.00342. The van der Waals surface area contributed by atoms with E-state index in [1.165, 1.54) is 0 Å². The van der Waals surface area contributed by atoms with Crippen molar-refractivity contribution in [2.24, 2.45) is 0 Å². The summed E-state index contributed by atoms with van der Waals surface area (Å²) in [6.45, 7) is 0.432. The van der Waals surface area contributed by atoms with Crippen LogP contribution in [0.15, 0.2) is 109 Å². The average molecular weight is 494 g/mol. The highest BCUT2D eigenvalue weighted by Crippen LogP contribution is 2.47. The molecule has 6 aromatic rings. The van der Waals surface area contributed by atoms with Crippen LogP contribution in [0.1, 0.15) is 21.5 Å². The Morgan fingerprint density at radius 2 is 1.47 bits per heavy atom. The summed E-state index contributed by atoms with van der Waals surface area (Å²) in [6.07, 6.45) is 0. The number of rotatable bonds is 5. The largest absolute Gasteiger partial charge is 0.493 e. The van der Waals surface area contributed by atoms with E-state index in [2.05, 4.69) is 18.2 Å². The van der Waals surface area contributed by atoms with E-state index in [1.54, 1.807) is 7.11 Å². The van der Waals surface area contributed by atoms with Crippen LogP contribution in [-0.2, 0) is 6.61 Å². The van der Waals surface area contributed by atoms with E-state index in [0.717, 1.165) is 43.9 Å². The highest BCUT2D eigenvalue weighted by Gasteiger charge is 2.33. The van der Waals surface area contributed by atoms with E-state index in [4.69, 9.17) is 14.5 Å². The number of ketones is 1. The molecule has 5 aromatic carbocycles. The maximum atomic E-state index is 13.8. The Morgan fingerprint density at radius 1 is 0.711 bits per heavy atom. The van der Waals surface area contributed by atoms with Gasteiger partial charge in [-0.2, -0.15) is 0 Å². The third-order valence-corrected chi connectivity index (χ3v) is 7.22. The fourth-order valence-electron chi connectivity index (χ4n) is 5.44. The number of carbonyl (C=O) groups is 1. The van der Waals surface area contributed by atoms with Crippen LogP contribution in [0.25, 0.3) is 44.1 Å². The topological polar surface area (TPSA) is 48.4 Å². The molecule has 0 saturated carbocycles. The zero-order chi connectivity index (χ0) is 25.6. The first-order valence-corrected chi connectivity index (χ1v) is 12.6. The Hall–Kier alpha value is -4.96. The molecule has 0 aliphatic heterocycles. The van der Waals surface area contributed by atoms with Gasteiger partial charge in [0, 0.05) is 22.1 Å². The molecule has 0 bridgehead atoms. The first kappa shape index (κ1) is 22.3. The van der Waals surface area contributed by atoms with Gasteiger partial charge in [-0.05, 0) is 46.2 Å². The predicted molar refractivity (Wildman–Crippen MR) is 151 cm³/mol. The Bertz CT molecular complexity index is 1880. The van der Waals surface area contributed by atoms with Crippen molar-refractivity contribution in [2.75, 3.05) is 7.11 Å². The SMILES string of the molecule is COc1cc(-c2nc3ccc4ccccc4c3c3c2C(=O)c2ccccc2-3)ccc1OCc1ccccc1. The molecule has 0 amide bonds. The molecule has 38 heavy (non-hydrogen) atoms. The third-order valence-electron chi connectivity index (χ3n) is 7.22. The molecule has 7 rings (SSSR count). The molecule has 1 aliphatic rings. The van der Waals surface area contributed by atoms with E-state index in [-0.39, 0.29) is 5.78 Å². The normalized spacial score (nSPS) is 12.0. The van der Waals surface area contributed by atoms with E-state index in [1.807, 2.05) is 91.0 Å². The standard InChI is InChI=1S/C34H23NO3/c1-37-29-19-23(16-18-28(29)38-20-21-9-3-2-4-10-21)33-32-31(25-13-7-8-14-26(25)34(32)36)30-24-12-6-5-11-22(24)15-17-27(30)35-33/h2-19H,20H2,1H3. The number of benzene rings is 5. The molecule has 1 aliphatic carbocycles. The van der Waals surface area contributed by atoms with Crippen molar-refractivity contribution in [1.82, 2.24) is 4.98 Å². The highest BCUT2D eigenvalue weighted by molar-refractivity contribution is 6.30. The van der Waals surface area contributed by atoms with Crippen LogP contribution in [-0.4, -0.2) is 17.9 Å². The maximum absolute atomic E-state index is 13.8. The zero-order valence-corrected chi connectivity index (χ0v) is 20.8. The Kier molecular flexibility index (Phi) is 5.19. The van der Waals surface area contributed by atoms with Gasteiger partial charge in [-0.15, -0.1) is 0 Å². The van der Waals surface area contributed by atoms with Crippen LogP contribution in [0, 0.1) is 0 Å². The maximum Gasteiger partial charge on any atom is 0.196 e. The van der Waals surface area contributed by atoms with Gasteiger partial charge < -0.3 is 9.47 Å². The number of ether oxygens (including phenoxy) is 2. The quantitative estimate of drug-likeness (QED) is 0.229. The van der Waals surface area contributed by atoms with Crippen molar-refractivity contribution < 1.29 is 14.3 Å². The third kappa shape index (κ3) is 3.46. The van der Waals surface area contributed by atoms with E-state index >= 15 is 0 Å². The summed E-state index contributed by atoms with van der Waals surface area (Å²) in [5.74, 6) is 1.23. The molecule has 182 valence electrons.